The molecular weight excluding hydrogens is 348 g/mol. The number of para-hydroxylation sites is 2. The van der Waals surface area contributed by atoms with Crippen molar-refractivity contribution in [3.05, 3.63) is 66.0 Å². The van der Waals surface area contributed by atoms with E-state index in [1.54, 1.807) is 0 Å². The van der Waals surface area contributed by atoms with E-state index in [0.29, 0.717) is 12.5 Å². The second-order valence-corrected chi connectivity index (χ2v) is 7.66. The van der Waals surface area contributed by atoms with Gasteiger partial charge in [0.25, 0.3) is 0 Å². The minimum absolute atomic E-state index is 0.0720. The molecule has 2 amide bonds. The van der Waals surface area contributed by atoms with E-state index >= 15 is 0 Å². The largest absolute Gasteiger partial charge is 0.342 e. The third-order valence-electron chi connectivity index (χ3n) is 5.57. The first kappa shape index (κ1) is 18.5. The number of amides is 2. The Balaban J connectivity index is 1.15. The number of aromatic nitrogens is 2. The molecule has 2 N–H and O–H groups in total. The van der Waals surface area contributed by atoms with Gasteiger partial charge in [-0.3, -0.25) is 0 Å². The van der Waals surface area contributed by atoms with Crippen LogP contribution in [0.5, 0.6) is 0 Å². The molecule has 2 heterocycles. The van der Waals surface area contributed by atoms with Crippen LogP contribution in [0.4, 0.5) is 4.79 Å². The Hall–Kier alpha value is -2.82. The van der Waals surface area contributed by atoms with Gasteiger partial charge in [0.2, 0.25) is 0 Å². The van der Waals surface area contributed by atoms with E-state index in [1.165, 1.54) is 5.56 Å². The maximum Gasteiger partial charge on any atom is 0.317 e. The second kappa shape index (κ2) is 8.91. The van der Waals surface area contributed by atoms with E-state index in [-0.39, 0.29) is 6.03 Å². The highest BCUT2D eigenvalue weighted by atomic mass is 16.2. The van der Waals surface area contributed by atoms with Crippen LogP contribution in [0.3, 0.4) is 0 Å². The zero-order valence-electron chi connectivity index (χ0n) is 16.2. The van der Waals surface area contributed by atoms with Crippen molar-refractivity contribution in [2.45, 2.75) is 32.1 Å². The van der Waals surface area contributed by atoms with Gasteiger partial charge in [-0.1, -0.05) is 42.5 Å². The third kappa shape index (κ3) is 4.71. The Labute approximate surface area is 166 Å². The number of aryl methyl sites for hydroxylation is 1. The van der Waals surface area contributed by atoms with Gasteiger partial charge in [0.1, 0.15) is 5.82 Å². The predicted molar refractivity (Wildman–Crippen MR) is 112 cm³/mol. The number of H-pyrrole nitrogens is 1. The molecule has 0 unspecified atom stereocenters. The normalized spacial score (nSPS) is 15.1. The van der Waals surface area contributed by atoms with Crippen LogP contribution in [0.25, 0.3) is 11.0 Å². The number of rotatable bonds is 6. The number of nitrogens with zero attached hydrogens (tertiary/aromatic N) is 2. The molecule has 1 saturated heterocycles. The van der Waals surface area contributed by atoms with Crippen LogP contribution in [-0.2, 0) is 12.8 Å². The molecule has 4 rings (SSSR count). The number of nitrogens with one attached hydrogen (secondary N) is 2. The average Bonchev–Trinajstić information content (AvgIpc) is 3.15. The predicted octanol–water partition coefficient (Wildman–Crippen LogP) is 4.16. The number of piperidine rings is 1. The Kier molecular flexibility index (Phi) is 5.90. The van der Waals surface area contributed by atoms with Crippen molar-refractivity contribution in [2.75, 3.05) is 19.6 Å². The molecule has 1 aliphatic rings. The Morgan fingerprint density at radius 1 is 1.07 bits per heavy atom. The summed E-state index contributed by atoms with van der Waals surface area (Å²) in [4.78, 5) is 22.3. The van der Waals surface area contributed by atoms with Crippen LogP contribution in [0.1, 0.15) is 30.7 Å². The van der Waals surface area contributed by atoms with Crippen LogP contribution in [0, 0.1) is 5.92 Å². The monoisotopic (exact) mass is 376 g/mol. The van der Waals surface area contributed by atoms with Crippen molar-refractivity contribution in [1.82, 2.24) is 20.2 Å². The topological polar surface area (TPSA) is 61.0 Å². The molecule has 0 saturated carbocycles. The summed E-state index contributed by atoms with van der Waals surface area (Å²) in [6.45, 7) is 2.39. The fourth-order valence-electron chi connectivity index (χ4n) is 3.97. The number of hydrogen-bond acceptors (Lipinski definition) is 2. The molecule has 0 radical (unpaired) electrons. The molecule has 0 atom stereocenters. The molecule has 0 spiro atoms. The third-order valence-corrected chi connectivity index (χ3v) is 5.57. The summed E-state index contributed by atoms with van der Waals surface area (Å²) >= 11 is 0. The van der Waals surface area contributed by atoms with Crippen molar-refractivity contribution in [3.8, 4) is 0 Å². The van der Waals surface area contributed by atoms with Crippen LogP contribution < -0.4 is 5.32 Å². The summed E-state index contributed by atoms with van der Waals surface area (Å²) in [5.41, 5.74) is 3.47. The number of benzene rings is 2. The van der Waals surface area contributed by atoms with Gasteiger partial charge in [-0.05, 0) is 49.3 Å². The maximum atomic E-state index is 12.4. The van der Waals surface area contributed by atoms with Gasteiger partial charge in [0.05, 0.1) is 11.0 Å². The van der Waals surface area contributed by atoms with E-state index < -0.39 is 0 Å². The van der Waals surface area contributed by atoms with Gasteiger partial charge in [-0.2, -0.15) is 0 Å². The number of carbonyl (C=O) groups excluding carboxylic acids is 1. The zero-order chi connectivity index (χ0) is 19.2. The van der Waals surface area contributed by atoms with E-state index in [9.17, 15) is 4.79 Å². The number of imidazole rings is 1. The Morgan fingerprint density at radius 2 is 1.82 bits per heavy atom. The van der Waals surface area contributed by atoms with Crippen molar-refractivity contribution in [2.24, 2.45) is 5.92 Å². The number of hydrogen-bond donors (Lipinski definition) is 2. The number of aromatic amines is 1. The lowest BCUT2D eigenvalue weighted by Crippen LogP contribution is -2.45. The molecule has 2 aromatic carbocycles. The fourth-order valence-corrected chi connectivity index (χ4v) is 3.97. The lowest BCUT2D eigenvalue weighted by molar-refractivity contribution is 0.170. The van der Waals surface area contributed by atoms with Gasteiger partial charge >= 0.3 is 6.03 Å². The van der Waals surface area contributed by atoms with Crippen molar-refractivity contribution in [1.29, 1.82) is 0 Å². The molecule has 146 valence electrons. The highest BCUT2D eigenvalue weighted by Crippen LogP contribution is 2.21. The SMILES string of the molecule is O=C(NCCCc1nc2ccccc2[nH]1)N1CCC(Cc2ccccc2)CC1. The molecule has 1 aliphatic heterocycles. The zero-order valence-corrected chi connectivity index (χ0v) is 16.2. The van der Waals surface area contributed by atoms with E-state index in [2.05, 4.69) is 45.6 Å². The van der Waals surface area contributed by atoms with Gasteiger partial charge < -0.3 is 15.2 Å². The molecule has 0 aliphatic carbocycles. The molecule has 1 fully saturated rings. The highest BCUT2D eigenvalue weighted by Gasteiger charge is 2.22. The Morgan fingerprint density at radius 3 is 2.61 bits per heavy atom. The van der Waals surface area contributed by atoms with Crippen molar-refractivity contribution >= 4 is 17.1 Å². The lowest BCUT2D eigenvalue weighted by atomic mass is 9.90. The van der Waals surface area contributed by atoms with Crippen LogP contribution in [-0.4, -0.2) is 40.5 Å². The van der Waals surface area contributed by atoms with E-state index in [1.807, 2.05) is 29.2 Å². The molecule has 0 bridgehead atoms. The number of fused-ring (bicyclic) bond motifs is 1. The van der Waals surface area contributed by atoms with Crippen LogP contribution in [0.2, 0.25) is 0 Å². The lowest BCUT2D eigenvalue weighted by Gasteiger charge is -2.32. The van der Waals surface area contributed by atoms with Gasteiger partial charge in [-0.15, -0.1) is 0 Å². The standard InChI is InChI=1S/C23H28N4O/c28-23(24-14-6-11-22-25-20-9-4-5-10-21(20)26-22)27-15-12-19(13-16-27)17-18-7-2-1-3-8-18/h1-5,7-10,19H,6,11-17H2,(H,24,28)(H,25,26). The van der Waals surface area contributed by atoms with Gasteiger partial charge in [-0.25, -0.2) is 9.78 Å². The summed E-state index contributed by atoms with van der Waals surface area (Å²) < 4.78 is 0. The molecule has 5 nitrogen and oxygen atoms in total. The summed E-state index contributed by atoms with van der Waals surface area (Å²) in [6, 6.07) is 18.8. The summed E-state index contributed by atoms with van der Waals surface area (Å²) in [5.74, 6) is 1.66. The number of carbonyl (C=O) groups is 1. The van der Waals surface area contributed by atoms with Gasteiger partial charge in [0.15, 0.2) is 0 Å². The second-order valence-electron chi connectivity index (χ2n) is 7.66. The van der Waals surface area contributed by atoms with E-state index in [0.717, 1.165) is 62.1 Å². The molecule has 1 aromatic heterocycles. The van der Waals surface area contributed by atoms with Gasteiger partial charge in [0, 0.05) is 26.1 Å². The van der Waals surface area contributed by atoms with Crippen LogP contribution in [0.15, 0.2) is 54.6 Å². The summed E-state index contributed by atoms with van der Waals surface area (Å²) in [7, 11) is 0. The quantitative estimate of drug-likeness (QED) is 0.635. The molecule has 28 heavy (non-hydrogen) atoms. The first-order valence-electron chi connectivity index (χ1n) is 10.3. The van der Waals surface area contributed by atoms with Crippen LogP contribution >= 0.6 is 0 Å². The number of urea groups is 1. The fraction of sp³-hybridized carbons (Fsp3) is 0.391. The molecule has 3 aromatic rings. The summed E-state index contributed by atoms with van der Waals surface area (Å²) in [5, 5.41) is 3.07. The number of likely N-dealkylation sites (tertiary alicyclic amines) is 1. The minimum Gasteiger partial charge on any atom is -0.342 e. The van der Waals surface area contributed by atoms with Crippen molar-refractivity contribution in [3.63, 3.8) is 0 Å². The molecule has 5 heteroatoms. The minimum atomic E-state index is 0.0720. The van der Waals surface area contributed by atoms with E-state index in [4.69, 9.17) is 0 Å². The first-order chi connectivity index (χ1) is 13.8. The van der Waals surface area contributed by atoms with Crippen molar-refractivity contribution < 1.29 is 4.79 Å². The average molecular weight is 377 g/mol. The summed E-state index contributed by atoms with van der Waals surface area (Å²) in [6.07, 6.45) is 5.01. The maximum absolute atomic E-state index is 12.4. The first-order valence-corrected chi connectivity index (χ1v) is 10.3. The molecular formula is C23H28N4O. The smallest absolute Gasteiger partial charge is 0.317 e. The highest BCUT2D eigenvalue weighted by molar-refractivity contribution is 5.75. The Bertz CT molecular complexity index is 864.